The molecule has 0 unspecified atom stereocenters. The predicted molar refractivity (Wildman–Crippen MR) is 439 cm³/mol. The van der Waals surface area contributed by atoms with E-state index in [9.17, 15) is 0 Å². The van der Waals surface area contributed by atoms with Gasteiger partial charge in [0, 0.05) is 43.4 Å². The summed E-state index contributed by atoms with van der Waals surface area (Å²) in [5, 5.41) is 5.76. The normalized spacial score (nSPS) is 11.7. The molecule has 16 aromatic carbocycles. The summed E-state index contributed by atoms with van der Waals surface area (Å²) < 4.78 is 63.3. The van der Waals surface area contributed by atoms with Crippen molar-refractivity contribution >= 4 is 65.4 Å². The monoisotopic (exact) mass is 1390 g/mol. The van der Waals surface area contributed by atoms with E-state index in [0.29, 0.717) is 28.5 Å². The van der Waals surface area contributed by atoms with Crippen LogP contribution in [0.3, 0.4) is 0 Å². The van der Waals surface area contributed by atoms with Crippen molar-refractivity contribution in [3.8, 4) is 129 Å². The maximum atomic E-state index is 19.0. The Bertz CT molecular complexity index is 6330. The molecule has 20 aromatic rings. The summed E-state index contributed by atoms with van der Waals surface area (Å²) >= 11 is 0. The minimum absolute atomic E-state index is 0.0836. The summed E-state index contributed by atoms with van der Waals surface area (Å²) in [4.78, 5) is 9.80. The Labute approximate surface area is 620 Å². The van der Waals surface area contributed by atoms with Gasteiger partial charge in [0.1, 0.15) is 5.82 Å². The average Bonchev–Trinajstić information content (AvgIpc) is 1.54. The van der Waals surface area contributed by atoms with Gasteiger partial charge in [-0.2, -0.15) is 0 Å². The first-order chi connectivity index (χ1) is 53.3. The minimum atomic E-state index is -1.40. The van der Waals surface area contributed by atoms with Crippen LogP contribution < -0.4 is 0 Å². The van der Waals surface area contributed by atoms with Gasteiger partial charge in [-0.1, -0.05) is 279 Å². The lowest BCUT2D eigenvalue weighted by molar-refractivity contribution is 0.501. The van der Waals surface area contributed by atoms with Gasteiger partial charge in [0.2, 0.25) is 0 Å². The molecule has 108 heavy (non-hydrogen) atoms. The molecule has 0 saturated carbocycles. The second-order valence-corrected chi connectivity index (χ2v) is 27.6. The van der Waals surface area contributed by atoms with E-state index in [0.717, 1.165) is 149 Å². The smallest absolute Gasteiger partial charge is 0.170 e. The molecule has 0 aliphatic rings. The zero-order chi connectivity index (χ0) is 71.9. The molecule has 0 fully saturated rings. The lowest BCUT2D eigenvalue weighted by Crippen LogP contribution is -2.11. The van der Waals surface area contributed by atoms with E-state index in [1.807, 2.05) is 115 Å². The van der Waals surface area contributed by atoms with Crippen LogP contribution >= 0.6 is 0 Å². The van der Waals surface area contributed by atoms with Crippen molar-refractivity contribution in [2.45, 2.75) is 0 Å². The van der Waals surface area contributed by atoms with Crippen LogP contribution in [0.15, 0.2) is 376 Å². The summed E-state index contributed by atoms with van der Waals surface area (Å²) in [7, 11) is 0. The average molecular weight is 1390 g/mol. The highest BCUT2D eigenvalue weighted by Gasteiger charge is 2.31. The van der Waals surface area contributed by atoms with E-state index in [1.165, 1.54) is 0 Å². The predicted octanol–water partition coefficient (Wildman–Crippen LogP) is 26.9. The highest BCUT2D eigenvalue weighted by Crippen LogP contribution is 2.49. The molecule has 0 N–H and O–H groups in total. The minimum Gasteiger partial charge on any atom is -0.307 e. The zero-order valence-corrected chi connectivity index (χ0v) is 58.2. The van der Waals surface area contributed by atoms with Crippen LogP contribution in [-0.2, 0) is 0 Å². The molecule has 0 bridgehead atoms. The van der Waals surface area contributed by atoms with Gasteiger partial charge in [-0.15, -0.1) is 0 Å². The lowest BCUT2D eigenvalue weighted by Gasteiger charge is -2.24. The Morgan fingerprint density at radius 2 is 0.454 bits per heavy atom. The Morgan fingerprint density at radius 3 is 0.722 bits per heavy atom. The summed E-state index contributed by atoms with van der Waals surface area (Å²) in [6, 6.07) is 128. The van der Waals surface area contributed by atoms with Crippen molar-refractivity contribution in [2.75, 3.05) is 0 Å². The first-order valence-electron chi connectivity index (χ1n) is 36.2. The van der Waals surface area contributed by atoms with Gasteiger partial charge in [0.25, 0.3) is 0 Å². The fourth-order valence-corrected chi connectivity index (χ4v) is 16.1. The quantitative estimate of drug-likeness (QED) is 0.108. The summed E-state index contributed by atoms with van der Waals surface area (Å²) in [6.07, 6.45) is 0. The van der Waals surface area contributed by atoms with Crippen molar-refractivity contribution in [2.24, 2.45) is 0 Å². The van der Waals surface area contributed by atoms with E-state index in [2.05, 4.69) is 268 Å². The molecule has 8 heteroatoms. The van der Waals surface area contributed by atoms with Gasteiger partial charge in [-0.3, -0.25) is 0 Å². The third-order valence-corrected chi connectivity index (χ3v) is 21.3. The van der Waals surface area contributed by atoms with Crippen LogP contribution in [0.5, 0.6) is 0 Å². The first-order valence-corrected chi connectivity index (χ1v) is 36.2. The molecule has 508 valence electrons. The molecule has 4 aromatic heterocycles. The molecule has 0 amide bonds. The maximum Gasteiger partial charge on any atom is 0.170 e. The summed E-state index contributed by atoms with van der Waals surface area (Å²) in [5.41, 5.74) is 20.7. The number of fused-ring (bicyclic) bond motifs is 9. The third-order valence-electron chi connectivity index (χ3n) is 21.3. The van der Waals surface area contributed by atoms with Crippen molar-refractivity contribution in [3.05, 3.63) is 394 Å². The molecular formula is C100H62F3N5. The number of nitrogens with zero attached hydrogens (tertiary/aromatic N) is 5. The standard InChI is InChI=1S/C100H62F3N5/c101-85-61-84(100-104-86(69-37-21-7-22-38-69)62-87(105-100)70-39-23-8-24-40-70)97(102)98(103)96(85)77-59-94(106-88-47-41-71(63-25-9-1-10-26-63)53-78(88)79-54-72(42-48-89(79)106)64-27-11-2-12-28-64)99(108-92-51-45-75(67-33-17-5-18-34-67)57-82(92)83-58-76(46-52-93(83)108)68-35-19-6-20-36-68)95(60-77)107-90-49-43-73(65-29-13-3-14-30-65)55-80(90)81-56-74(44-50-91(81)107)66-31-15-4-16-32-66/h1-62H. The molecule has 5 nitrogen and oxygen atoms in total. The molecular weight excluding hydrogens is 1330 g/mol. The van der Waals surface area contributed by atoms with E-state index < -0.39 is 28.6 Å². The Balaban J connectivity index is 0.959. The van der Waals surface area contributed by atoms with Gasteiger partial charge in [0.05, 0.1) is 72.7 Å². The molecule has 0 atom stereocenters. The number of hydrogen-bond donors (Lipinski definition) is 0. The number of rotatable bonds is 13. The Hall–Kier alpha value is -14.2. The van der Waals surface area contributed by atoms with Gasteiger partial charge < -0.3 is 13.7 Å². The molecule has 0 aliphatic carbocycles. The van der Waals surface area contributed by atoms with E-state index in [1.54, 1.807) is 0 Å². The lowest BCUT2D eigenvalue weighted by atomic mass is 9.98. The van der Waals surface area contributed by atoms with Gasteiger partial charge >= 0.3 is 0 Å². The molecule has 0 radical (unpaired) electrons. The van der Waals surface area contributed by atoms with Gasteiger partial charge in [-0.05, 0) is 169 Å². The molecule has 0 saturated heterocycles. The van der Waals surface area contributed by atoms with Crippen molar-refractivity contribution in [3.63, 3.8) is 0 Å². The number of benzene rings is 16. The van der Waals surface area contributed by atoms with E-state index >= 15 is 13.2 Å². The Kier molecular flexibility index (Phi) is 15.4. The van der Waals surface area contributed by atoms with Gasteiger partial charge in [-0.25, -0.2) is 23.1 Å². The maximum absolute atomic E-state index is 19.0. The van der Waals surface area contributed by atoms with Crippen LogP contribution in [0.2, 0.25) is 0 Å². The van der Waals surface area contributed by atoms with Crippen molar-refractivity contribution < 1.29 is 13.2 Å². The van der Waals surface area contributed by atoms with E-state index in [-0.39, 0.29) is 11.4 Å². The van der Waals surface area contributed by atoms with Crippen LogP contribution in [0, 0.1) is 17.5 Å². The fourth-order valence-electron chi connectivity index (χ4n) is 16.1. The van der Waals surface area contributed by atoms with Crippen LogP contribution in [0.1, 0.15) is 0 Å². The highest BCUT2D eigenvalue weighted by molar-refractivity contribution is 6.17. The van der Waals surface area contributed by atoms with Crippen LogP contribution in [0.4, 0.5) is 13.2 Å². The third kappa shape index (κ3) is 10.9. The topological polar surface area (TPSA) is 40.6 Å². The Morgan fingerprint density at radius 1 is 0.204 bits per heavy atom. The number of halogens is 3. The summed E-state index contributed by atoms with van der Waals surface area (Å²) in [6.45, 7) is 0. The summed E-state index contributed by atoms with van der Waals surface area (Å²) in [5.74, 6) is -3.87. The van der Waals surface area contributed by atoms with E-state index in [4.69, 9.17) is 9.97 Å². The molecule has 0 aliphatic heterocycles. The number of hydrogen-bond acceptors (Lipinski definition) is 2. The SMILES string of the molecule is Fc1cc(-c2nc(-c3ccccc3)cc(-c3ccccc3)n2)c(F)c(F)c1-c1cc(-n2c3ccc(-c4ccccc4)cc3c3cc(-c4ccccc4)ccc32)c(-n2c3ccc(-c4ccccc4)cc3c3cc(-c4ccccc4)ccc32)c(-n2c3ccc(-c4ccccc4)cc3c3cc(-c4ccccc4)ccc32)c1. The second-order valence-electron chi connectivity index (χ2n) is 27.6. The first kappa shape index (κ1) is 63.5. The fraction of sp³-hybridized carbons (Fsp3) is 0. The highest BCUT2D eigenvalue weighted by atomic mass is 19.2. The number of aromatic nitrogens is 5. The zero-order valence-electron chi connectivity index (χ0n) is 58.2. The van der Waals surface area contributed by atoms with Crippen LogP contribution in [-0.4, -0.2) is 23.7 Å². The van der Waals surface area contributed by atoms with Crippen molar-refractivity contribution in [1.82, 2.24) is 23.7 Å². The molecule has 4 heterocycles. The van der Waals surface area contributed by atoms with Crippen LogP contribution in [0.25, 0.3) is 194 Å². The molecule has 20 rings (SSSR count). The van der Waals surface area contributed by atoms with Crippen molar-refractivity contribution in [1.29, 1.82) is 0 Å². The second kappa shape index (κ2) is 26.2. The largest absolute Gasteiger partial charge is 0.307 e. The van der Waals surface area contributed by atoms with Gasteiger partial charge in [0.15, 0.2) is 17.5 Å². The molecule has 0 spiro atoms.